The van der Waals surface area contributed by atoms with E-state index in [-0.39, 0.29) is 23.7 Å². The van der Waals surface area contributed by atoms with Gasteiger partial charge in [0.05, 0.1) is 6.04 Å². The zero-order valence-electron chi connectivity index (χ0n) is 19.1. The van der Waals surface area contributed by atoms with Gasteiger partial charge >= 0.3 is 0 Å². The summed E-state index contributed by atoms with van der Waals surface area (Å²) in [5.41, 5.74) is 2.82. The van der Waals surface area contributed by atoms with Gasteiger partial charge in [0.2, 0.25) is 0 Å². The van der Waals surface area contributed by atoms with Crippen LogP contribution >= 0.6 is 0 Å². The van der Waals surface area contributed by atoms with Crippen LogP contribution in [0.15, 0.2) is 61.2 Å². The van der Waals surface area contributed by atoms with Gasteiger partial charge in [-0.2, -0.15) is 0 Å². The van der Waals surface area contributed by atoms with Crippen LogP contribution in [0.2, 0.25) is 0 Å². The number of carbonyl (C=O) groups excluding carboxylic acids is 1. The lowest BCUT2D eigenvalue weighted by molar-refractivity contribution is 0.0306. The monoisotopic (exact) mass is 421 g/mol. The van der Waals surface area contributed by atoms with Crippen LogP contribution in [0.1, 0.15) is 55.2 Å². The van der Waals surface area contributed by atoms with Gasteiger partial charge in [-0.3, -0.25) is 14.6 Å². The first-order valence-corrected chi connectivity index (χ1v) is 11.1. The molecule has 166 valence electrons. The third-order valence-electron chi connectivity index (χ3n) is 5.95. The van der Waals surface area contributed by atoms with Crippen molar-refractivity contribution in [3.05, 3.63) is 77.9 Å². The second kappa shape index (κ2) is 10.1. The van der Waals surface area contributed by atoms with E-state index in [2.05, 4.69) is 41.6 Å². The molecule has 2 aromatic rings. The molecule has 1 fully saturated rings. The summed E-state index contributed by atoms with van der Waals surface area (Å²) in [4.78, 5) is 17.3. The van der Waals surface area contributed by atoms with Crippen molar-refractivity contribution in [2.45, 2.75) is 51.9 Å². The molecule has 1 heterocycles. The number of hydrogen-bond acceptors (Lipinski definition) is 4. The fourth-order valence-electron chi connectivity index (χ4n) is 4.44. The van der Waals surface area contributed by atoms with Crippen LogP contribution in [0.5, 0.6) is 5.75 Å². The van der Waals surface area contributed by atoms with Crippen molar-refractivity contribution in [2.75, 3.05) is 19.6 Å². The van der Waals surface area contributed by atoms with E-state index in [9.17, 15) is 9.90 Å². The Morgan fingerprint density at radius 1 is 1.13 bits per heavy atom. The van der Waals surface area contributed by atoms with Gasteiger partial charge in [-0.05, 0) is 63.1 Å². The van der Waals surface area contributed by atoms with Crippen LogP contribution in [-0.2, 0) is 0 Å². The number of nitrogens with one attached hydrogen (secondary N) is 1. The van der Waals surface area contributed by atoms with Crippen molar-refractivity contribution in [3.63, 3.8) is 0 Å². The number of aromatic hydroxyl groups is 1. The maximum atomic E-state index is 12.4. The third-order valence-corrected chi connectivity index (χ3v) is 5.95. The Morgan fingerprint density at radius 3 is 2.45 bits per heavy atom. The predicted octanol–water partition coefficient (Wildman–Crippen LogP) is 4.20. The van der Waals surface area contributed by atoms with E-state index < -0.39 is 0 Å². The fraction of sp³-hybridized carbons (Fsp3) is 0.423. The lowest BCUT2D eigenvalue weighted by Gasteiger charge is -2.47. The van der Waals surface area contributed by atoms with Crippen LogP contribution < -0.4 is 5.32 Å². The first kappa shape index (κ1) is 23.0. The van der Waals surface area contributed by atoms with E-state index in [1.54, 1.807) is 6.07 Å². The van der Waals surface area contributed by atoms with Crippen LogP contribution in [-0.4, -0.2) is 58.6 Å². The van der Waals surface area contributed by atoms with Gasteiger partial charge < -0.3 is 10.4 Å². The summed E-state index contributed by atoms with van der Waals surface area (Å²) >= 11 is 0. The first-order valence-electron chi connectivity index (χ1n) is 11.1. The van der Waals surface area contributed by atoms with Crippen molar-refractivity contribution in [1.82, 2.24) is 15.1 Å². The Kier molecular flexibility index (Phi) is 7.52. The molecule has 5 nitrogen and oxygen atoms in total. The molecular formula is C26H35N3O2. The van der Waals surface area contributed by atoms with Crippen molar-refractivity contribution in [2.24, 2.45) is 0 Å². The van der Waals surface area contributed by atoms with E-state index in [1.165, 1.54) is 0 Å². The molecule has 1 aliphatic rings. The molecule has 0 radical (unpaired) electrons. The van der Waals surface area contributed by atoms with Crippen molar-refractivity contribution < 1.29 is 9.90 Å². The van der Waals surface area contributed by atoms with Gasteiger partial charge in [0.25, 0.3) is 5.91 Å². The quantitative estimate of drug-likeness (QED) is 0.658. The minimum absolute atomic E-state index is 0.00218. The number of nitrogens with zero attached hydrogens (tertiary/aromatic N) is 2. The molecule has 5 heteroatoms. The highest BCUT2D eigenvalue weighted by Crippen LogP contribution is 2.34. The number of carbonyl (C=O) groups is 1. The van der Waals surface area contributed by atoms with Gasteiger partial charge in [-0.25, -0.2) is 0 Å². The highest BCUT2D eigenvalue weighted by Gasteiger charge is 2.34. The lowest BCUT2D eigenvalue weighted by atomic mass is 9.92. The molecule has 1 saturated heterocycles. The predicted molar refractivity (Wildman–Crippen MR) is 126 cm³/mol. The summed E-state index contributed by atoms with van der Waals surface area (Å²) in [7, 11) is 0. The number of benzene rings is 2. The maximum Gasteiger partial charge on any atom is 0.251 e. The summed E-state index contributed by atoms with van der Waals surface area (Å²) in [5.74, 6) is 0.205. The summed E-state index contributed by atoms with van der Waals surface area (Å²) in [6, 6.07) is 16.2. The molecule has 3 rings (SSSR count). The molecule has 3 unspecified atom stereocenters. The maximum absolute atomic E-state index is 12.4. The van der Waals surface area contributed by atoms with Crippen molar-refractivity contribution in [3.8, 4) is 5.75 Å². The number of piperazine rings is 1. The number of amides is 1. The highest BCUT2D eigenvalue weighted by molar-refractivity contribution is 5.94. The molecular weight excluding hydrogens is 386 g/mol. The Morgan fingerprint density at radius 2 is 1.84 bits per heavy atom. The van der Waals surface area contributed by atoms with E-state index >= 15 is 0 Å². The average Bonchev–Trinajstić information content (AvgIpc) is 2.72. The van der Waals surface area contributed by atoms with E-state index in [0.717, 1.165) is 30.8 Å². The van der Waals surface area contributed by atoms with Gasteiger partial charge in [0.15, 0.2) is 0 Å². The smallest absolute Gasteiger partial charge is 0.251 e. The largest absolute Gasteiger partial charge is 0.508 e. The molecule has 0 aromatic heterocycles. The third kappa shape index (κ3) is 5.54. The molecule has 1 amide bonds. The summed E-state index contributed by atoms with van der Waals surface area (Å²) in [5, 5.41) is 13.1. The highest BCUT2D eigenvalue weighted by atomic mass is 16.3. The van der Waals surface area contributed by atoms with Crippen molar-refractivity contribution >= 4 is 5.91 Å². The molecule has 0 aliphatic carbocycles. The molecule has 3 atom stereocenters. The SMILES string of the molecule is C=CCN1CC(C)N(C(c2ccc(C(=O)NC(C)C)cc2)c2cccc(O)c2)CC1C. The normalized spacial score (nSPS) is 21.1. The topological polar surface area (TPSA) is 55.8 Å². The standard InChI is InChI=1S/C26H35N3O2/c1-6-14-28-16-20(5)29(17-19(28)4)25(23-8-7-9-24(30)15-23)21-10-12-22(13-11-21)26(31)27-18(2)3/h6-13,15,18-20,25,30H,1,14,16-17H2,2-5H3,(H,27,31). The Labute approximate surface area is 186 Å². The molecule has 1 aliphatic heterocycles. The Hall–Kier alpha value is -2.63. The fourth-order valence-corrected chi connectivity index (χ4v) is 4.44. The molecule has 31 heavy (non-hydrogen) atoms. The minimum atomic E-state index is -0.0597. The zero-order chi connectivity index (χ0) is 22.5. The minimum Gasteiger partial charge on any atom is -0.508 e. The Balaban J connectivity index is 1.94. The van der Waals surface area contributed by atoms with Gasteiger partial charge in [-0.1, -0.05) is 30.3 Å². The van der Waals surface area contributed by atoms with Gasteiger partial charge in [0.1, 0.15) is 5.75 Å². The van der Waals surface area contributed by atoms with E-state index in [0.29, 0.717) is 17.6 Å². The summed E-state index contributed by atoms with van der Waals surface area (Å²) in [6.07, 6.45) is 1.96. The zero-order valence-corrected chi connectivity index (χ0v) is 19.1. The molecule has 2 aromatic carbocycles. The summed E-state index contributed by atoms with van der Waals surface area (Å²) < 4.78 is 0. The van der Waals surface area contributed by atoms with Crippen LogP contribution in [0.25, 0.3) is 0 Å². The second-order valence-electron chi connectivity index (χ2n) is 8.89. The van der Waals surface area contributed by atoms with Crippen LogP contribution in [0.4, 0.5) is 0 Å². The summed E-state index contributed by atoms with van der Waals surface area (Å²) in [6.45, 7) is 15.1. The lowest BCUT2D eigenvalue weighted by Crippen LogP contribution is -2.57. The van der Waals surface area contributed by atoms with Crippen molar-refractivity contribution in [1.29, 1.82) is 0 Å². The molecule has 2 N–H and O–H groups in total. The number of hydrogen-bond donors (Lipinski definition) is 2. The van der Waals surface area contributed by atoms with Gasteiger partial charge in [0, 0.05) is 43.3 Å². The Bertz CT molecular complexity index is 894. The number of phenolic OH excluding ortho intramolecular Hbond substituents is 1. The molecule has 0 spiro atoms. The van der Waals surface area contributed by atoms with Gasteiger partial charge in [-0.15, -0.1) is 6.58 Å². The van der Waals surface area contributed by atoms with E-state index in [4.69, 9.17) is 0 Å². The van der Waals surface area contributed by atoms with E-state index in [1.807, 2.05) is 56.3 Å². The first-order chi connectivity index (χ1) is 14.8. The number of rotatable bonds is 7. The average molecular weight is 422 g/mol. The molecule has 0 bridgehead atoms. The second-order valence-corrected chi connectivity index (χ2v) is 8.89. The van der Waals surface area contributed by atoms with Crippen LogP contribution in [0.3, 0.4) is 0 Å². The van der Waals surface area contributed by atoms with Crippen LogP contribution in [0, 0.1) is 0 Å². The number of phenols is 1. The molecule has 0 saturated carbocycles.